The number of hydrogen-bond acceptors (Lipinski definition) is 3. The van der Waals surface area contributed by atoms with Gasteiger partial charge in [-0.05, 0) is 25.7 Å². The second kappa shape index (κ2) is 6.67. The van der Waals surface area contributed by atoms with Crippen molar-refractivity contribution in [1.29, 1.82) is 0 Å². The summed E-state index contributed by atoms with van der Waals surface area (Å²) >= 11 is 0. The number of carboxylic acids is 1. The SMILES string of the molecule is CC(C)C(CC(=O)O)NS(=O)(=O)N1CCCCC1C. The van der Waals surface area contributed by atoms with Crippen LogP contribution >= 0.6 is 0 Å². The highest BCUT2D eigenvalue weighted by molar-refractivity contribution is 7.87. The molecule has 2 atom stereocenters. The number of rotatable bonds is 6. The van der Waals surface area contributed by atoms with Crippen LogP contribution in [-0.2, 0) is 15.0 Å². The minimum atomic E-state index is -3.60. The highest BCUT2D eigenvalue weighted by Crippen LogP contribution is 2.20. The first kappa shape index (κ1) is 16.4. The van der Waals surface area contributed by atoms with Gasteiger partial charge in [0.15, 0.2) is 0 Å². The van der Waals surface area contributed by atoms with Crippen molar-refractivity contribution in [3.05, 3.63) is 0 Å². The van der Waals surface area contributed by atoms with Gasteiger partial charge in [0.1, 0.15) is 0 Å². The van der Waals surface area contributed by atoms with Crippen molar-refractivity contribution in [3.8, 4) is 0 Å². The van der Waals surface area contributed by atoms with Crippen molar-refractivity contribution in [2.45, 2.75) is 58.5 Å². The summed E-state index contributed by atoms with van der Waals surface area (Å²) in [4.78, 5) is 10.8. The van der Waals surface area contributed by atoms with Gasteiger partial charge in [0.25, 0.3) is 10.2 Å². The Balaban J connectivity index is 2.78. The van der Waals surface area contributed by atoms with E-state index in [0.717, 1.165) is 19.3 Å². The maximum Gasteiger partial charge on any atom is 0.304 e. The molecule has 0 aliphatic carbocycles. The third-order valence-corrected chi connectivity index (χ3v) is 5.31. The normalized spacial score (nSPS) is 23.5. The minimum Gasteiger partial charge on any atom is -0.481 e. The average Bonchev–Trinajstić information content (AvgIpc) is 2.27. The Bertz CT molecular complexity index is 408. The number of nitrogens with one attached hydrogen (secondary N) is 1. The fraction of sp³-hybridized carbons (Fsp3) is 0.917. The first-order valence-corrected chi connectivity index (χ1v) is 8.19. The largest absolute Gasteiger partial charge is 0.481 e. The zero-order valence-electron chi connectivity index (χ0n) is 11.8. The van der Waals surface area contributed by atoms with E-state index in [1.165, 1.54) is 4.31 Å². The zero-order chi connectivity index (χ0) is 14.6. The maximum absolute atomic E-state index is 12.3. The Morgan fingerprint density at radius 2 is 2.05 bits per heavy atom. The molecule has 2 N–H and O–H groups in total. The molecule has 2 unspecified atom stereocenters. The van der Waals surface area contributed by atoms with Crippen molar-refractivity contribution in [1.82, 2.24) is 9.03 Å². The van der Waals surface area contributed by atoms with E-state index in [-0.39, 0.29) is 18.4 Å². The molecule has 19 heavy (non-hydrogen) atoms. The lowest BCUT2D eigenvalue weighted by atomic mass is 10.0. The molecule has 1 saturated heterocycles. The summed E-state index contributed by atoms with van der Waals surface area (Å²) in [6, 6.07) is -0.597. The van der Waals surface area contributed by atoms with Gasteiger partial charge in [0.2, 0.25) is 0 Å². The number of hydrogen-bond donors (Lipinski definition) is 2. The predicted octanol–water partition coefficient (Wildman–Crippen LogP) is 1.19. The Kier molecular flexibility index (Phi) is 5.76. The molecule has 6 nitrogen and oxygen atoms in total. The summed E-state index contributed by atoms with van der Waals surface area (Å²) in [6.45, 7) is 6.03. The van der Waals surface area contributed by atoms with Gasteiger partial charge in [-0.1, -0.05) is 20.3 Å². The van der Waals surface area contributed by atoms with Crippen LogP contribution in [0.5, 0.6) is 0 Å². The van der Waals surface area contributed by atoms with Crippen LogP contribution in [0.25, 0.3) is 0 Å². The highest BCUT2D eigenvalue weighted by Gasteiger charge is 2.32. The Morgan fingerprint density at radius 1 is 1.42 bits per heavy atom. The molecular formula is C12H24N2O4S. The Hall–Kier alpha value is -0.660. The van der Waals surface area contributed by atoms with Gasteiger partial charge in [0.05, 0.1) is 6.42 Å². The molecule has 1 fully saturated rings. The first-order valence-electron chi connectivity index (χ1n) is 6.75. The van der Waals surface area contributed by atoms with Gasteiger partial charge in [-0.25, -0.2) is 0 Å². The summed E-state index contributed by atoms with van der Waals surface area (Å²) < 4.78 is 28.6. The van der Waals surface area contributed by atoms with E-state index in [1.54, 1.807) is 0 Å². The van der Waals surface area contributed by atoms with Crippen LogP contribution in [0, 0.1) is 5.92 Å². The summed E-state index contributed by atoms with van der Waals surface area (Å²) in [5.41, 5.74) is 0. The van der Waals surface area contributed by atoms with Gasteiger partial charge in [-0.3, -0.25) is 4.79 Å². The van der Waals surface area contributed by atoms with Crippen LogP contribution in [0.15, 0.2) is 0 Å². The number of carbonyl (C=O) groups is 1. The van der Waals surface area contributed by atoms with Gasteiger partial charge < -0.3 is 5.11 Å². The quantitative estimate of drug-likeness (QED) is 0.770. The van der Waals surface area contributed by atoms with Crippen LogP contribution in [0.2, 0.25) is 0 Å². The van der Waals surface area contributed by atoms with E-state index < -0.39 is 22.2 Å². The summed E-state index contributed by atoms with van der Waals surface area (Å²) in [7, 11) is -3.60. The average molecular weight is 292 g/mol. The Morgan fingerprint density at radius 3 is 2.53 bits per heavy atom. The van der Waals surface area contributed by atoms with Crippen LogP contribution in [0.1, 0.15) is 46.5 Å². The second-order valence-corrected chi connectivity index (χ2v) is 7.18. The molecule has 0 radical (unpaired) electrons. The minimum absolute atomic E-state index is 0.0242. The molecule has 7 heteroatoms. The summed E-state index contributed by atoms with van der Waals surface area (Å²) in [5.74, 6) is -1.06. The van der Waals surface area contributed by atoms with Gasteiger partial charge in [-0.2, -0.15) is 17.4 Å². The zero-order valence-corrected chi connectivity index (χ0v) is 12.6. The van der Waals surface area contributed by atoms with Crippen LogP contribution in [0.3, 0.4) is 0 Å². The number of piperidine rings is 1. The van der Waals surface area contributed by atoms with Gasteiger partial charge >= 0.3 is 5.97 Å². The molecule has 1 aliphatic rings. The lowest BCUT2D eigenvalue weighted by Crippen LogP contribution is -2.52. The van der Waals surface area contributed by atoms with Crippen molar-refractivity contribution in [2.75, 3.05) is 6.54 Å². The lowest BCUT2D eigenvalue weighted by Gasteiger charge is -2.34. The lowest BCUT2D eigenvalue weighted by molar-refractivity contribution is -0.137. The fourth-order valence-electron chi connectivity index (χ4n) is 2.29. The van der Waals surface area contributed by atoms with E-state index in [1.807, 2.05) is 20.8 Å². The molecule has 1 rings (SSSR count). The maximum atomic E-state index is 12.3. The van der Waals surface area contributed by atoms with Crippen LogP contribution in [0.4, 0.5) is 0 Å². The summed E-state index contributed by atoms with van der Waals surface area (Å²) in [6.07, 6.45) is 2.55. The van der Waals surface area contributed by atoms with E-state index >= 15 is 0 Å². The van der Waals surface area contributed by atoms with Crippen LogP contribution < -0.4 is 4.72 Å². The Labute approximate surface area is 115 Å². The predicted molar refractivity (Wildman–Crippen MR) is 73.0 cm³/mol. The van der Waals surface area contributed by atoms with E-state index in [9.17, 15) is 13.2 Å². The molecule has 0 saturated carbocycles. The van der Waals surface area contributed by atoms with E-state index in [0.29, 0.717) is 6.54 Å². The number of aliphatic carboxylic acids is 1. The molecule has 0 amide bonds. The van der Waals surface area contributed by atoms with Crippen molar-refractivity contribution in [2.24, 2.45) is 5.92 Å². The van der Waals surface area contributed by atoms with E-state index in [2.05, 4.69) is 4.72 Å². The van der Waals surface area contributed by atoms with Crippen molar-refractivity contribution in [3.63, 3.8) is 0 Å². The molecule has 0 aromatic rings. The number of carboxylic acid groups (broad SMARTS) is 1. The standard InChI is InChI=1S/C12H24N2O4S/c1-9(2)11(8-12(15)16)13-19(17,18)14-7-5-4-6-10(14)3/h9-11,13H,4-8H2,1-3H3,(H,15,16). The third-order valence-electron chi connectivity index (χ3n) is 3.55. The van der Waals surface area contributed by atoms with Crippen molar-refractivity contribution >= 4 is 16.2 Å². The molecule has 1 heterocycles. The molecule has 0 spiro atoms. The third kappa shape index (κ3) is 4.74. The highest BCUT2D eigenvalue weighted by atomic mass is 32.2. The fourth-order valence-corrected chi connectivity index (χ4v) is 4.11. The summed E-state index contributed by atoms with van der Waals surface area (Å²) in [5, 5.41) is 8.84. The van der Waals surface area contributed by atoms with Gasteiger partial charge in [0, 0.05) is 18.6 Å². The molecule has 1 aliphatic heterocycles. The molecule has 0 aromatic heterocycles. The number of nitrogens with zero attached hydrogens (tertiary/aromatic N) is 1. The molecule has 112 valence electrons. The van der Waals surface area contributed by atoms with E-state index in [4.69, 9.17) is 5.11 Å². The first-order chi connectivity index (χ1) is 8.74. The smallest absolute Gasteiger partial charge is 0.304 e. The van der Waals surface area contributed by atoms with Crippen LogP contribution in [-0.4, -0.2) is 42.4 Å². The molecular weight excluding hydrogens is 268 g/mol. The molecule has 0 aromatic carbocycles. The van der Waals surface area contributed by atoms with Gasteiger partial charge in [-0.15, -0.1) is 0 Å². The van der Waals surface area contributed by atoms with Crippen molar-refractivity contribution < 1.29 is 18.3 Å². The second-order valence-electron chi connectivity index (χ2n) is 5.53. The topological polar surface area (TPSA) is 86.7 Å². The molecule has 0 bridgehead atoms. The monoisotopic (exact) mass is 292 g/mol.